The van der Waals surface area contributed by atoms with Crippen LogP contribution >= 0.6 is 22.9 Å². The highest BCUT2D eigenvalue weighted by Gasteiger charge is 2.64. The maximum absolute atomic E-state index is 14.1. The molecule has 1 aliphatic heterocycles. The SMILES string of the molecule is Cc1ncsc1-c1ccc([C@H](C)NC(=O)[C@@H]2C[C@@H](O)CN2C(=O)C(NC(=O)COCCCCCNc2ccc(C(=O)N[C@H]3C(C)(C)[C@H](Oc4ccc(C#N)c(Cl)c4)C3(C)C)cc2)C(C)(C)C)cc1. The first-order valence-electron chi connectivity index (χ1n) is 23.3. The lowest BCUT2D eigenvalue weighted by Gasteiger charge is -2.63. The third-order valence-corrected chi connectivity index (χ3v) is 14.5. The first kappa shape index (κ1) is 51.9. The number of hydrogen-bond donors (Lipinski definition) is 5. The molecule has 4 aromatic rings. The largest absolute Gasteiger partial charge is 0.489 e. The van der Waals surface area contributed by atoms with Crippen molar-refractivity contribution in [2.45, 2.75) is 124 Å². The summed E-state index contributed by atoms with van der Waals surface area (Å²) in [5.74, 6) is -0.820. The molecule has 2 heterocycles. The molecule has 0 spiro atoms. The Labute approximate surface area is 409 Å². The van der Waals surface area contributed by atoms with E-state index in [1.54, 1.807) is 41.7 Å². The molecule has 1 aromatic heterocycles. The van der Waals surface area contributed by atoms with Gasteiger partial charge in [-0.2, -0.15) is 5.26 Å². The van der Waals surface area contributed by atoms with Gasteiger partial charge in [-0.05, 0) is 86.1 Å². The van der Waals surface area contributed by atoms with Gasteiger partial charge in [0.2, 0.25) is 17.7 Å². The fraction of sp³-hybridized carbons (Fsp3) is 0.500. The first-order chi connectivity index (χ1) is 32.1. The molecule has 0 radical (unpaired) electrons. The predicted octanol–water partition coefficient (Wildman–Crippen LogP) is 8.22. The van der Waals surface area contributed by atoms with Crippen LogP contribution in [0.3, 0.4) is 0 Å². The van der Waals surface area contributed by atoms with Gasteiger partial charge in [-0.1, -0.05) is 84.3 Å². The van der Waals surface area contributed by atoms with Crippen LogP contribution in [-0.2, 0) is 19.1 Å². The van der Waals surface area contributed by atoms with Crippen molar-refractivity contribution < 1.29 is 33.8 Å². The number of unbranched alkanes of at least 4 members (excludes halogenated alkanes) is 2. The van der Waals surface area contributed by atoms with Gasteiger partial charge in [0, 0.05) is 60.3 Å². The third kappa shape index (κ3) is 12.2. The molecule has 2 aliphatic rings. The van der Waals surface area contributed by atoms with E-state index in [-0.39, 0.29) is 60.4 Å². The number of benzene rings is 3. The van der Waals surface area contributed by atoms with Crippen LogP contribution in [-0.4, -0.2) is 95.3 Å². The summed E-state index contributed by atoms with van der Waals surface area (Å²) in [7, 11) is 0. The maximum atomic E-state index is 14.1. The molecule has 4 atom stereocenters. The van der Waals surface area contributed by atoms with Crippen molar-refractivity contribution in [3.63, 3.8) is 0 Å². The number of anilines is 1. The van der Waals surface area contributed by atoms with Gasteiger partial charge in [-0.3, -0.25) is 19.2 Å². The lowest BCUT2D eigenvalue weighted by atomic mass is 9.49. The molecule has 1 unspecified atom stereocenters. The number of likely N-dealkylation sites (tertiary alicyclic amines) is 1. The Hall–Kier alpha value is -5.53. The zero-order valence-corrected chi connectivity index (χ0v) is 42.1. The number of aryl methyl sites for hydroxylation is 1. The van der Waals surface area contributed by atoms with E-state index in [2.05, 4.69) is 60.0 Å². The zero-order chi connectivity index (χ0) is 49.6. The van der Waals surface area contributed by atoms with Gasteiger partial charge in [0.25, 0.3) is 5.91 Å². The van der Waals surface area contributed by atoms with E-state index in [1.165, 1.54) is 4.90 Å². The van der Waals surface area contributed by atoms with E-state index < -0.39 is 35.4 Å². The van der Waals surface area contributed by atoms with Crippen LogP contribution in [0.5, 0.6) is 5.75 Å². The molecule has 16 heteroatoms. The number of aliphatic hydroxyl groups excluding tert-OH is 1. The van der Waals surface area contributed by atoms with Crippen molar-refractivity contribution in [1.29, 1.82) is 5.26 Å². The molecule has 1 aliphatic carbocycles. The van der Waals surface area contributed by atoms with Crippen molar-refractivity contribution >= 4 is 52.3 Å². The van der Waals surface area contributed by atoms with Crippen molar-refractivity contribution in [2.24, 2.45) is 16.2 Å². The Morgan fingerprint density at radius 1 is 0.985 bits per heavy atom. The van der Waals surface area contributed by atoms with E-state index in [1.807, 2.05) is 76.5 Å². The first-order valence-corrected chi connectivity index (χ1v) is 24.5. The molecule has 1 saturated carbocycles. The highest BCUT2D eigenvalue weighted by atomic mass is 35.5. The van der Waals surface area contributed by atoms with Gasteiger partial charge >= 0.3 is 0 Å². The summed E-state index contributed by atoms with van der Waals surface area (Å²) in [6.45, 7) is 18.5. The topological polar surface area (TPSA) is 195 Å². The molecule has 14 nitrogen and oxygen atoms in total. The van der Waals surface area contributed by atoms with Gasteiger partial charge in [-0.25, -0.2) is 4.98 Å². The standard InChI is InChI=1S/C52H66ClN7O7S/c1-31(33-13-15-34(16-14-33)43-32(2)56-30-68-43)57-46(64)41-25-38(61)28-60(41)47(65)44(50(3,4)5)58-42(62)29-66-24-12-10-11-23-55-37-20-17-35(18-21-37)45(63)59-48-51(6,7)49(52(48,8)9)67-39-22-19-36(27-54)40(53)26-39/h13-22,26,30-31,38,41,44,48-49,55,61H,10-12,23-25,28-29H2,1-9H3,(H,57,64)(H,58,62)(H,59,63)/t31-,38+,41-,44?,48-,49-/m0/s1. The van der Waals surface area contributed by atoms with E-state index in [9.17, 15) is 29.5 Å². The molecule has 4 amide bonds. The van der Waals surface area contributed by atoms with E-state index >= 15 is 0 Å². The van der Waals surface area contributed by atoms with Crippen LogP contribution in [0.25, 0.3) is 10.4 Å². The number of thiazole rings is 1. The van der Waals surface area contributed by atoms with Crippen LogP contribution < -0.4 is 26.0 Å². The van der Waals surface area contributed by atoms with Gasteiger partial charge in [0.15, 0.2) is 0 Å². The monoisotopic (exact) mass is 967 g/mol. The molecule has 68 heavy (non-hydrogen) atoms. The molecule has 0 bridgehead atoms. The summed E-state index contributed by atoms with van der Waals surface area (Å²) in [5.41, 5.74) is 5.11. The van der Waals surface area contributed by atoms with Crippen LogP contribution in [0, 0.1) is 34.5 Å². The second-order valence-corrected chi connectivity index (χ2v) is 21.6. The average Bonchev–Trinajstić information content (AvgIpc) is 3.91. The molecular formula is C52H66ClN7O7S. The minimum absolute atomic E-state index is 0.0135. The van der Waals surface area contributed by atoms with Crippen LogP contribution in [0.4, 0.5) is 5.69 Å². The van der Waals surface area contributed by atoms with Crippen molar-refractivity contribution in [3.05, 3.63) is 99.6 Å². The zero-order valence-electron chi connectivity index (χ0n) is 40.6. The number of carbonyl (C=O) groups is 4. The number of amides is 4. The Balaban J connectivity index is 0.887. The highest BCUT2D eigenvalue weighted by molar-refractivity contribution is 7.13. The Bertz CT molecular complexity index is 2450. The van der Waals surface area contributed by atoms with Crippen molar-refractivity contribution in [1.82, 2.24) is 25.8 Å². The number of halogens is 1. The summed E-state index contributed by atoms with van der Waals surface area (Å²) >= 11 is 7.81. The van der Waals surface area contributed by atoms with Crippen molar-refractivity contribution in [2.75, 3.05) is 31.6 Å². The van der Waals surface area contributed by atoms with E-state index in [0.29, 0.717) is 35.1 Å². The number of hydrogen-bond acceptors (Lipinski definition) is 11. The number of aliphatic hydroxyl groups is 1. The smallest absolute Gasteiger partial charge is 0.251 e. The van der Waals surface area contributed by atoms with E-state index in [0.717, 1.165) is 46.6 Å². The molecule has 1 saturated heterocycles. The van der Waals surface area contributed by atoms with Crippen LogP contribution in [0.15, 0.2) is 72.2 Å². The Kier molecular flexibility index (Phi) is 16.6. The number of carbonyl (C=O) groups excluding carboxylic acids is 4. The van der Waals surface area contributed by atoms with E-state index in [4.69, 9.17) is 21.1 Å². The average molecular weight is 969 g/mol. The second kappa shape index (κ2) is 21.8. The number of nitrogens with zero attached hydrogens (tertiary/aromatic N) is 3. The number of rotatable bonds is 19. The van der Waals surface area contributed by atoms with Crippen molar-refractivity contribution in [3.8, 4) is 22.3 Å². The normalized spacial score (nSPS) is 20.3. The summed E-state index contributed by atoms with van der Waals surface area (Å²) < 4.78 is 12.1. The summed E-state index contributed by atoms with van der Waals surface area (Å²) in [5, 5.41) is 32.7. The number of ether oxygens (including phenoxy) is 2. The third-order valence-electron chi connectivity index (χ3n) is 13.2. The highest BCUT2D eigenvalue weighted by Crippen LogP contribution is 2.55. The van der Waals surface area contributed by atoms with Crippen LogP contribution in [0.1, 0.15) is 114 Å². The lowest BCUT2D eigenvalue weighted by Crippen LogP contribution is -2.74. The summed E-state index contributed by atoms with van der Waals surface area (Å²) in [6.07, 6.45) is 1.46. The fourth-order valence-electron chi connectivity index (χ4n) is 9.67. The predicted molar refractivity (Wildman–Crippen MR) is 265 cm³/mol. The quantitative estimate of drug-likeness (QED) is 0.0572. The van der Waals surface area contributed by atoms with Crippen LogP contribution in [0.2, 0.25) is 5.02 Å². The molecule has 2 fully saturated rings. The van der Waals surface area contributed by atoms with Gasteiger partial charge < -0.3 is 40.7 Å². The second-order valence-electron chi connectivity index (χ2n) is 20.3. The minimum Gasteiger partial charge on any atom is -0.489 e. The minimum atomic E-state index is -0.952. The summed E-state index contributed by atoms with van der Waals surface area (Å²) in [6, 6.07) is 20.1. The molecule has 364 valence electrons. The van der Waals surface area contributed by atoms with Gasteiger partial charge in [0.1, 0.15) is 36.6 Å². The number of β-amino-alcohol motifs (C(OH)–C–C–N with tert-alkyl or cyclic N) is 1. The molecular weight excluding hydrogens is 902 g/mol. The fourth-order valence-corrected chi connectivity index (χ4v) is 10.7. The number of aromatic nitrogens is 1. The summed E-state index contributed by atoms with van der Waals surface area (Å²) in [4.78, 5) is 61.0. The number of nitriles is 1. The molecule has 5 N–H and O–H groups in total. The number of nitrogens with one attached hydrogen (secondary N) is 4. The maximum Gasteiger partial charge on any atom is 0.251 e. The lowest BCUT2D eigenvalue weighted by molar-refractivity contribution is -0.164. The van der Waals surface area contributed by atoms with Gasteiger partial charge in [0.05, 0.1) is 38.8 Å². The van der Waals surface area contributed by atoms with Gasteiger partial charge in [-0.15, -0.1) is 11.3 Å². The molecule has 6 rings (SSSR count). The Morgan fingerprint density at radius 3 is 2.29 bits per heavy atom. The Morgan fingerprint density at radius 2 is 1.68 bits per heavy atom. The molecule has 3 aromatic carbocycles.